The number of benzene rings is 4. The van der Waals surface area contributed by atoms with Crippen molar-refractivity contribution in [2.75, 3.05) is 13.2 Å². The van der Waals surface area contributed by atoms with Gasteiger partial charge >= 0.3 is 0 Å². The molecule has 7 N–H and O–H groups in total. The summed E-state index contributed by atoms with van der Waals surface area (Å²) in [5, 5.41) is 8.47. The van der Waals surface area contributed by atoms with Crippen molar-refractivity contribution in [2.24, 2.45) is 11.5 Å². The van der Waals surface area contributed by atoms with Gasteiger partial charge in [0, 0.05) is 30.1 Å². The molecule has 0 bridgehead atoms. The van der Waals surface area contributed by atoms with E-state index in [9.17, 15) is 14.4 Å². The molecule has 1 aromatic heterocycles. The van der Waals surface area contributed by atoms with Crippen molar-refractivity contribution in [3.63, 3.8) is 0 Å². The van der Waals surface area contributed by atoms with Crippen molar-refractivity contribution in [3.05, 3.63) is 114 Å². The summed E-state index contributed by atoms with van der Waals surface area (Å²) in [6.07, 6.45) is 3.87. The number of hydrogen-bond acceptors (Lipinski definition) is 5. The number of hydrogen-bond donors (Lipinski definition) is 5. The molecule has 0 spiro atoms. The maximum absolute atomic E-state index is 13.6. The van der Waals surface area contributed by atoms with Gasteiger partial charge in [0.05, 0.1) is 18.2 Å². The molecule has 4 aromatic carbocycles. The molecule has 3 amide bonds. The van der Waals surface area contributed by atoms with Gasteiger partial charge in [-0.25, -0.2) is 0 Å². The molecule has 2 unspecified atom stereocenters. The Kier molecular flexibility index (Phi) is 9.89. The number of aromatic nitrogens is 1. The summed E-state index contributed by atoms with van der Waals surface area (Å²) in [5.41, 5.74) is 14.9. The lowest BCUT2D eigenvalue weighted by atomic mass is 10.0. The van der Waals surface area contributed by atoms with Crippen LogP contribution >= 0.6 is 0 Å². The van der Waals surface area contributed by atoms with E-state index in [1.807, 2.05) is 91.1 Å². The van der Waals surface area contributed by atoms with E-state index < -0.39 is 23.9 Å². The van der Waals surface area contributed by atoms with Crippen LogP contribution in [0.4, 0.5) is 0 Å². The average molecular weight is 592 g/mol. The first-order valence-corrected chi connectivity index (χ1v) is 14.8. The number of amides is 3. The van der Waals surface area contributed by atoms with Crippen molar-refractivity contribution >= 4 is 39.4 Å². The Labute approximate surface area is 256 Å². The summed E-state index contributed by atoms with van der Waals surface area (Å²) in [7, 11) is 0. The third kappa shape index (κ3) is 7.62. The van der Waals surface area contributed by atoms with E-state index in [0.717, 1.165) is 32.8 Å². The van der Waals surface area contributed by atoms with Crippen LogP contribution in [0, 0.1) is 0 Å². The molecule has 2 atom stereocenters. The molecule has 0 aliphatic rings. The van der Waals surface area contributed by atoms with Crippen molar-refractivity contribution in [2.45, 2.75) is 37.8 Å². The minimum Gasteiger partial charge on any atom is -0.493 e. The van der Waals surface area contributed by atoms with Crippen LogP contribution in [0.15, 0.2) is 97.2 Å². The van der Waals surface area contributed by atoms with Crippen LogP contribution in [0.3, 0.4) is 0 Å². The molecule has 0 saturated carbocycles. The zero-order valence-corrected chi connectivity index (χ0v) is 24.4. The Morgan fingerprint density at radius 1 is 0.841 bits per heavy atom. The van der Waals surface area contributed by atoms with Gasteiger partial charge in [0.1, 0.15) is 11.8 Å². The number of para-hydroxylation sites is 1. The van der Waals surface area contributed by atoms with Gasteiger partial charge in [-0.1, -0.05) is 72.8 Å². The Balaban J connectivity index is 1.19. The molecule has 5 aromatic rings. The SMILES string of the molecule is NC(=O)C(Cc1c[nH]c2ccccc12)NC(=O)c1cc2ccccc2cc1OCCCCNC(=O)C(N)Cc1ccccc1. The van der Waals surface area contributed by atoms with Gasteiger partial charge in [-0.05, 0) is 59.4 Å². The van der Waals surface area contributed by atoms with Gasteiger partial charge in [-0.2, -0.15) is 0 Å². The fourth-order valence-electron chi connectivity index (χ4n) is 5.21. The maximum Gasteiger partial charge on any atom is 0.255 e. The molecule has 0 fully saturated rings. The van der Waals surface area contributed by atoms with Gasteiger partial charge in [-0.15, -0.1) is 0 Å². The van der Waals surface area contributed by atoms with Crippen molar-refractivity contribution in [1.82, 2.24) is 15.6 Å². The molecule has 226 valence electrons. The number of nitrogens with one attached hydrogen (secondary N) is 3. The van der Waals surface area contributed by atoms with Crippen LogP contribution in [-0.2, 0) is 22.4 Å². The smallest absolute Gasteiger partial charge is 0.255 e. The van der Waals surface area contributed by atoms with Crippen molar-refractivity contribution in [3.8, 4) is 5.75 Å². The Hall–Kier alpha value is -5.15. The maximum atomic E-state index is 13.6. The number of unbranched alkanes of at least 4 members (excludes halogenated alkanes) is 1. The van der Waals surface area contributed by atoms with Crippen LogP contribution in [0.1, 0.15) is 34.3 Å². The van der Waals surface area contributed by atoms with E-state index in [1.165, 1.54) is 0 Å². The Bertz CT molecular complexity index is 1750. The zero-order valence-electron chi connectivity index (χ0n) is 24.4. The second-order valence-corrected chi connectivity index (χ2v) is 10.8. The number of ether oxygens (including phenoxy) is 1. The van der Waals surface area contributed by atoms with Crippen LogP contribution < -0.4 is 26.8 Å². The topological polar surface area (TPSA) is 152 Å². The molecule has 9 nitrogen and oxygen atoms in total. The normalized spacial score (nSPS) is 12.5. The van der Waals surface area contributed by atoms with Crippen molar-refractivity contribution < 1.29 is 19.1 Å². The lowest BCUT2D eigenvalue weighted by Crippen LogP contribution is -2.45. The zero-order chi connectivity index (χ0) is 30.9. The van der Waals surface area contributed by atoms with E-state index in [1.54, 1.807) is 6.07 Å². The van der Waals surface area contributed by atoms with E-state index in [-0.39, 0.29) is 12.3 Å². The summed E-state index contributed by atoms with van der Waals surface area (Å²) in [4.78, 5) is 41.6. The van der Waals surface area contributed by atoms with E-state index in [4.69, 9.17) is 16.2 Å². The summed E-state index contributed by atoms with van der Waals surface area (Å²) in [6.45, 7) is 0.795. The quantitative estimate of drug-likeness (QED) is 0.124. The molecule has 0 radical (unpaired) electrons. The standard InChI is InChI=1S/C35H37N5O4/c36-29(18-23-10-2-1-3-11-23)35(43)38-16-8-9-17-44-32-21-25-13-5-4-12-24(25)19-28(32)34(42)40-31(33(37)41)20-26-22-39-30-15-7-6-14-27(26)30/h1-7,10-15,19,21-22,29,31,39H,8-9,16-18,20,36H2,(H2,37,41)(H,38,43)(H,40,42). The fourth-order valence-corrected chi connectivity index (χ4v) is 5.21. The van der Waals surface area contributed by atoms with Gasteiger partial charge in [0.25, 0.3) is 5.91 Å². The van der Waals surface area contributed by atoms with Crippen LogP contribution in [0.5, 0.6) is 5.75 Å². The summed E-state index contributed by atoms with van der Waals surface area (Å²) in [6, 6.07) is 27.2. The predicted molar refractivity (Wildman–Crippen MR) is 172 cm³/mol. The molecule has 0 saturated heterocycles. The number of carbonyl (C=O) groups is 3. The monoisotopic (exact) mass is 591 g/mol. The van der Waals surface area contributed by atoms with E-state index in [0.29, 0.717) is 43.7 Å². The highest BCUT2D eigenvalue weighted by atomic mass is 16.5. The Morgan fingerprint density at radius 3 is 2.32 bits per heavy atom. The van der Waals surface area contributed by atoms with E-state index >= 15 is 0 Å². The van der Waals surface area contributed by atoms with Crippen molar-refractivity contribution in [1.29, 1.82) is 0 Å². The van der Waals surface area contributed by atoms with Crippen LogP contribution in [-0.4, -0.2) is 47.9 Å². The highest BCUT2D eigenvalue weighted by molar-refractivity contribution is 6.03. The third-order valence-corrected chi connectivity index (χ3v) is 7.60. The predicted octanol–water partition coefficient (Wildman–Crippen LogP) is 3.99. The van der Waals surface area contributed by atoms with Crippen LogP contribution in [0.2, 0.25) is 0 Å². The van der Waals surface area contributed by atoms with Gasteiger partial charge < -0.3 is 31.8 Å². The first kappa shape index (κ1) is 30.3. The number of fused-ring (bicyclic) bond motifs is 2. The summed E-state index contributed by atoms with van der Waals surface area (Å²) < 4.78 is 6.09. The van der Waals surface area contributed by atoms with Gasteiger partial charge in [-0.3, -0.25) is 14.4 Å². The molecule has 0 aliphatic heterocycles. The van der Waals surface area contributed by atoms with E-state index in [2.05, 4.69) is 15.6 Å². The lowest BCUT2D eigenvalue weighted by molar-refractivity contribution is -0.122. The van der Waals surface area contributed by atoms with Gasteiger partial charge in [0.15, 0.2) is 0 Å². The largest absolute Gasteiger partial charge is 0.493 e. The summed E-state index contributed by atoms with van der Waals surface area (Å²) in [5.74, 6) is -0.864. The molecule has 1 heterocycles. The molecule has 44 heavy (non-hydrogen) atoms. The molecule has 0 aliphatic carbocycles. The van der Waals surface area contributed by atoms with Crippen LogP contribution in [0.25, 0.3) is 21.7 Å². The lowest BCUT2D eigenvalue weighted by Gasteiger charge is -2.18. The second kappa shape index (κ2) is 14.3. The molecule has 5 rings (SSSR count). The Morgan fingerprint density at radius 2 is 1.55 bits per heavy atom. The minimum absolute atomic E-state index is 0.195. The van der Waals surface area contributed by atoms with Gasteiger partial charge in [0.2, 0.25) is 11.8 Å². The molecule has 9 heteroatoms. The molecular formula is C35H37N5O4. The average Bonchev–Trinajstić information content (AvgIpc) is 3.44. The highest BCUT2D eigenvalue weighted by Crippen LogP contribution is 2.27. The second-order valence-electron chi connectivity index (χ2n) is 10.8. The molecular weight excluding hydrogens is 554 g/mol. The number of rotatable bonds is 14. The first-order valence-electron chi connectivity index (χ1n) is 14.8. The number of primary amides is 1. The summed E-state index contributed by atoms with van der Waals surface area (Å²) >= 11 is 0. The number of aromatic amines is 1. The number of nitrogens with two attached hydrogens (primary N) is 2. The first-order chi connectivity index (χ1) is 21.4. The third-order valence-electron chi connectivity index (χ3n) is 7.60. The number of H-pyrrole nitrogens is 1. The fraction of sp³-hybridized carbons (Fsp3) is 0.229. The number of carbonyl (C=O) groups excluding carboxylic acids is 3. The minimum atomic E-state index is -0.919. The highest BCUT2D eigenvalue weighted by Gasteiger charge is 2.23.